The quantitative estimate of drug-likeness (QED) is 0.823. The molecule has 5 heteroatoms. The summed E-state index contributed by atoms with van der Waals surface area (Å²) < 4.78 is 26.1. The molecule has 0 amide bonds. The first kappa shape index (κ1) is 17.1. The first-order chi connectivity index (χ1) is 12.9. The first-order valence-electron chi connectivity index (χ1n) is 9.73. The van der Waals surface area contributed by atoms with E-state index in [9.17, 15) is 18.6 Å². The van der Waals surface area contributed by atoms with Crippen molar-refractivity contribution in [3.8, 4) is 11.5 Å². The standard InChI is InChI=1S/C22H24O4S/c23-17-1-3-18(4-2-17)27(25,26)19-5-6-21(24)20(10-19)22-11-14-7-15(12-22)9-16(8-14)13-22/h1-6,10,14-16,23-24H,7-9,11-13H2. The van der Waals surface area contributed by atoms with Gasteiger partial charge in [-0.2, -0.15) is 0 Å². The van der Waals surface area contributed by atoms with Crippen LogP contribution in [0.25, 0.3) is 0 Å². The molecule has 2 aromatic rings. The van der Waals surface area contributed by atoms with Crippen LogP contribution in [0.15, 0.2) is 52.3 Å². The maximum Gasteiger partial charge on any atom is 0.206 e. The molecule has 2 N–H and O–H groups in total. The molecule has 142 valence electrons. The Labute approximate surface area is 159 Å². The summed E-state index contributed by atoms with van der Waals surface area (Å²) in [4.78, 5) is 0.374. The van der Waals surface area contributed by atoms with Crippen molar-refractivity contribution < 1.29 is 18.6 Å². The van der Waals surface area contributed by atoms with Gasteiger partial charge < -0.3 is 10.2 Å². The van der Waals surface area contributed by atoms with Crippen LogP contribution in [0, 0.1) is 17.8 Å². The van der Waals surface area contributed by atoms with E-state index in [0.29, 0.717) is 17.8 Å². The number of rotatable bonds is 3. The third-order valence-corrected chi connectivity index (χ3v) is 8.80. The molecule has 4 aliphatic carbocycles. The van der Waals surface area contributed by atoms with E-state index in [4.69, 9.17) is 0 Å². The van der Waals surface area contributed by atoms with Gasteiger partial charge in [0, 0.05) is 5.56 Å². The Morgan fingerprint density at radius 1 is 0.778 bits per heavy atom. The van der Waals surface area contributed by atoms with Crippen molar-refractivity contribution in [3.05, 3.63) is 48.0 Å². The van der Waals surface area contributed by atoms with Gasteiger partial charge in [0.05, 0.1) is 9.79 Å². The van der Waals surface area contributed by atoms with Crippen molar-refractivity contribution in [2.75, 3.05) is 0 Å². The predicted octanol–water partition coefficient (Wildman–Crippen LogP) is 4.40. The SMILES string of the molecule is O=S(=O)(c1ccc(O)cc1)c1ccc(O)c(C23CC4CC(CC(C4)C2)C3)c1. The summed E-state index contributed by atoms with van der Waals surface area (Å²) in [6, 6.07) is 10.3. The molecule has 0 aromatic heterocycles. The molecule has 0 spiro atoms. The number of benzene rings is 2. The minimum Gasteiger partial charge on any atom is -0.508 e. The maximum absolute atomic E-state index is 13.1. The third-order valence-electron chi connectivity index (χ3n) is 7.03. The second-order valence-corrected chi connectivity index (χ2v) is 10.8. The summed E-state index contributed by atoms with van der Waals surface area (Å²) in [5.41, 5.74) is 0.751. The zero-order valence-corrected chi connectivity index (χ0v) is 16.0. The van der Waals surface area contributed by atoms with Gasteiger partial charge in [0.1, 0.15) is 11.5 Å². The Hall–Kier alpha value is -2.01. The lowest BCUT2D eigenvalue weighted by molar-refractivity contribution is -0.00623. The first-order valence-corrected chi connectivity index (χ1v) is 11.2. The van der Waals surface area contributed by atoms with E-state index in [2.05, 4.69) is 0 Å². The lowest BCUT2D eigenvalue weighted by Gasteiger charge is -2.57. The minimum absolute atomic E-state index is 0.0360. The van der Waals surface area contributed by atoms with Crippen molar-refractivity contribution in [1.29, 1.82) is 0 Å². The van der Waals surface area contributed by atoms with Gasteiger partial charge in [-0.25, -0.2) is 8.42 Å². The van der Waals surface area contributed by atoms with Crippen LogP contribution in [0.4, 0.5) is 0 Å². The Morgan fingerprint density at radius 2 is 1.30 bits per heavy atom. The molecule has 0 atom stereocenters. The Kier molecular flexibility index (Phi) is 3.64. The monoisotopic (exact) mass is 384 g/mol. The van der Waals surface area contributed by atoms with Gasteiger partial charge in [-0.1, -0.05) is 0 Å². The largest absolute Gasteiger partial charge is 0.508 e. The number of aromatic hydroxyl groups is 2. The van der Waals surface area contributed by atoms with Gasteiger partial charge in [-0.15, -0.1) is 0 Å². The minimum atomic E-state index is -3.69. The topological polar surface area (TPSA) is 74.6 Å². The van der Waals surface area contributed by atoms with E-state index in [0.717, 1.165) is 24.8 Å². The van der Waals surface area contributed by atoms with Crippen LogP contribution in [0.1, 0.15) is 44.1 Å². The summed E-state index contributed by atoms with van der Waals surface area (Å²) in [6.07, 6.45) is 7.09. The lowest BCUT2D eigenvalue weighted by atomic mass is 9.48. The van der Waals surface area contributed by atoms with Gasteiger partial charge in [0.25, 0.3) is 0 Å². The Bertz CT molecular complexity index is 956. The van der Waals surface area contributed by atoms with Crippen molar-refractivity contribution >= 4 is 9.84 Å². The average molecular weight is 384 g/mol. The number of phenols is 2. The molecule has 0 heterocycles. The fourth-order valence-corrected chi connectivity index (χ4v) is 7.60. The second-order valence-electron chi connectivity index (χ2n) is 8.87. The van der Waals surface area contributed by atoms with Gasteiger partial charge in [0.15, 0.2) is 0 Å². The zero-order chi connectivity index (χ0) is 18.8. The molecule has 0 saturated heterocycles. The molecule has 27 heavy (non-hydrogen) atoms. The molecule has 4 fully saturated rings. The third kappa shape index (κ3) is 2.66. The van der Waals surface area contributed by atoms with Crippen LogP contribution in [-0.4, -0.2) is 18.6 Å². The van der Waals surface area contributed by atoms with Gasteiger partial charge in [-0.3, -0.25) is 0 Å². The number of hydrogen-bond donors (Lipinski definition) is 2. The van der Waals surface area contributed by atoms with E-state index in [1.807, 2.05) is 0 Å². The molecule has 0 aliphatic heterocycles. The van der Waals surface area contributed by atoms with Gasteiger partial charge >= 0.3 is 0 Å². The van der Waals surface area contributed by atoms with E-state index in [1.54, 1.807) is 12.1 Å². The second kappa shape index (κ2) is 5.74. The predicted molar refractivity (Wildman–Crippen MR) is 102 cm³/mol. The number of phenolic OH excluding ortho intramolecular Hbond substituents is 2. The summed E-state index contributed by atoms with van der Waals surface area (Å²) in [5.74, 6) is 2.41. The molecule has 4 saturated carbocycles. The van der Waals surface area contributed by atoms with Crippen LogP contribution in [0.5, 0.6) is 11.5 Å². The average Bonchev–Trinajstić information content (AvgIpc) is 2.61. The summed E-state index contributed by atoms with van der Waals surface area (Å²) in [7, 11) is -3.69. The molecule has 0 unspecified atom stereocenters. The molecule has 0 radical (unpaired) electrons. The van der Waals surface area contributed by atoms with Crippen molar-refractivity contribution in [3.63, 3.8) is 0 Å². The molecular formula is C22H24O4S. The summed E-state index contributed by atoms with van der Waals surface area (Å²) >= 11 is 0. The normalized spacial score (nSPS) is 31.9. The highest BCUT2D eigenvalue weighted by Gasteiger charge is 2.52. The van der Waals surface area contributed by atoms with Crippen molar-refractivity contribution in [2.24, 2.45) is 17.8 Å². The van der Waals surface area contributed by atoms with E-state index in [1.165, 1.54) is 49.6 Å². The molecule has 6 rings (SSSR count). The summed E-state index contributed by atoms with van der Waals surface area (Å²) in [6.45, 7) is 0. The van der Waals surface area contributed by atoms with Crippen molar-refractivity contribution in [2.45, 2.75) is 53.7 Å². The Morgan fingerprint density at radius 3 is 1.85 bits per heavy atom. The molecule has 4 nitrogen and oxygen atoms in total. The van der Waals surface area contributed by atoms with E-state index >= 15 is 0 Å². The van der Waals surface area contributed by atoms with Crippen molar-refractivity contribution in [1.82, 2.24) is 0 Å². The van der Waals surface area contributed by atoms with Crippen LogP contribution in [0.3, 0.4) is 0 Å². The van der Waals surface area contributed by atoms with E-state index < -0.39 is 9.84 Å². The zero-order valence-electron chi connectivity index (χ0n) is 15.1. The lowest BCUT2D eigenvalue weighted by Crippen LogP contribution is -2.48. The van der Waals surface area contributed by atoms with Crippen LogP contribution >= 0.6 is 0 Å². The molecule has 2 aromatic carbocycles. The fourth-order valence-electron chi connectivity index (χ4n) is 6.31. The van der Waals surface area contributed by atoms with Crippen LogP contribution in [0.2, 0.25) is 0 Å². The molecule has 4 bridgehead atoms. The maximum atomic E-state index is 13.1. The van der Waals surface area contributed by atoms with Crippen LogP contribution < -0.4 is 0 Å². The summed E-state index contributed by atoms with van der Waals surface area (Å²) in [5, 5.41) is 20.1. The molecule has 4 aliphatic rings. The number of hydrogen-bond acceptors (Lipinski definition) is 4. The number of sulfone groups is 1. The van der Waals surface area contributed by atoms with Gasteiger partial charge in [0.2, 0.25) is 9.84 Å². The van der Waals surface area contributed by atoms with E-state index in [-0.39, 0.29) is 26.7 Å². The molecular weight excluding hydrogens is 360 g/mol. The Balaban J connectivity index is 1.59. The van der Waals surface area contributed by atoms with Crippen LogP contribution in [-0.2, 0) is 15.3 Å². The van der Waals surface area contributed by atoms with Gasteiger partial charge in [-0.05, 0) is 104 Å². The highest BCUT2D eigenvalue weighted by molar-refractivity contribution is 7.91. The smallest absolute Gasteiger partial charge is 0.206 e. The highest BCUT2D eigenvalue weighted by Crippen LogP contribution is 2.62. The highest BCUT2D eigenvalue weighted by atomic mass is 32.2. The fraction of sp³-hybridized carbons (Fsp3) is 0.455.